The smallest absolute Gasteiger partial charge is 0.303 e. The molecule has 21 heavy (non-hydrogen) atoms. The van der Waals surface area contributed by atoms with Crippen LogP contribution in [0.15, 0.2) is 42.5 Å². The van der Waals surface area contributed by atoms with Gasteiger partial charge in [0.1, 0.15) is 0 Å². The summed E-state index contributed by atoms with van der Waals surface area (Å²) in [6.07, 6.45) is 2.34. The molecule has 2 aromatic rings. The molecule has 0 bridgehead atoms. The van der Waals surface area contributed by atoms with Gasteiger partial charge in [0, 0.05) is 24.2 Å². The first-order chi connectivity index (χ1) is 10.1. The number of anilines is 1. The molecule has 3 nitrogen and oxygen atoms in total. The first-order valence-corrected chi connectivity index (χ1v) is 7.58. The van der Waals surface area contributed by atoms with Gasteiger partial charge in [-0.15, -0.1) is 0 Å². The van der Waals surface area contributed by atoms with Gasteiger partial charge in [-0.1, -0.05) is 36.4 Å². The third-order valence-corrected chi connectivity index (χ3v) is 4.50. The number of carboxylic acids is 1. The average molecular weight is 283 g/mol. The van der Waals surface area contributed by atoms with E-state index in [0.717, 1.165) is 25.9 Å². The second-order valence-electron chi connectivity index (χ2n) is 6.08. The Hall–Kier alpha value is -2.03. The van der Waals surface area contributed by atoms with Gasteiger partial charge in [-0.05, 0) is 36.6 Å². The lowest BCUT2D eigenvalue weighted by molar-refractivity contribution is -0.138. The molecule has 110 valence electrons. The average Bonchev–Trinajstić information content (AvgIpc) is 3.23. The molecule has 0 radical (unpaired) electrons. The second-order valence-corrected chi connectivity index (χ2v) is 6.08. The highest BCUT2D eigenvalue weighted by Gasteiger charge is 2.45. The highest BCUT2D eigenvalue weighted by Crippen LogP contribution is 2.50. The predicted molar refractivity (Wildman–Crippen MR) is 85.8 cm³/mol. The van der Waals surface area contributed by atoms with E-state index in [1.54, 1.807) is 0 Å². The Kier molecular flexibility index (Phi) is 3.58. The van der Waals surface area contributed by atoms with E-state index in [4.69, 9.17) is 5.11 Å². The Morgan fingerprint density at radius 2 is 1.90 bits per heavy atom. The zero-order chi connectivity index (χ0) is 14.9. The number of carboxylic acid groups (broad SMARTS) is 1. The maximum atomic E-state index is 11.1. The summed E-state index contributed by atoms with van der Waals surface area (Å²) >= 11 is 0. The summed E-state index contributed by atoms with van der Waals surface area (Å²) < 4.78 is 0. The van der Waals surface area contributed by atoms with Crippen molar-refractivity contribution in [3.05, 3.63) is 42.5 Å². The molecule has 1 aliphatic carbocycles. The molecule has 0 spiro atoms. The number of aliphatic carboxylic acids is 1. The zero-order valence-electron chi connectivity index (χ0n) is 12.4. The second kappa shape index (κ2) is 5.40. The van der Waals surface area contributed by atoms with E-state index in [0.29, 0.717) is 0 Å². The fraction of sp³-hybridized carbons (Fsp3) is 0.389. The number of carbonyl (C=O) groups is 1. The molecule has 2 aromatic carbocycles. The van der Waals surface area contributed by atoms with Crippen molar-refractivity contribution in [2.75, 3.05) is 18.0 Å². The van der Waals surface area contributed by atoms with Gasteiger partial charge in [-0.25, -0.2) is 0 Å². The van der Waals surface area contributed by atoms with Crippen LogP contribution in [0.5, 0.6) is 0 Å². The van der Waals surface area contributed by atoms with Crippen molar-refractivity contribution < 1.29 is 9.90 Å². The van der Waals surface area contributed by atoms with E-state index in [-0.39, 0.29) is 11.8 Å². The standard InChI is InChI=1S/C18H21NO2/c1-2-19(13-18(10-11-18)12-17(20)21)16-9-5-7-14-6-3-4-8-15(14)16/h3-9H,2,10-13H2,1H3,(H,20,21). The maximum Gasteiger partial charge on any atom is 0.303 e. The monoisotopic (exact) mass is 283 g/mol. The first-order valence-electron chi connectivity index (χ1n) is 7.58. The molecule has 1 fully saturated rings. The third kappa shape index (κ3) is 2.87. The summed E-state index contributed by atoms with van der Waals surface area (Å²) in [5, 5.41) is 11.6. The van der Waals surface area contributed by atoms with Gasteiger partial charge in [0.25, 0.3) is 0 Å². The van der Waals surface area contributed by atoms with E-state index in [2.05, 4.69) is 54.3 Å². The van der Waals surface area contributed by atoms with E-state index in [1.165, 1.54) is 16.5 Å². The van der Waals surface area contributed by atoms with Gasteiger partial charge < -0.3 is 10.0 Å². The Morgan fingerprint density at radius 3 is 2.57 bits per heavy atom. The number of hydrogen-bond donors (Lipinski definition) is 1. The summed E-state index contributed by atoms with van der Waals surface area (Å²) in [6.45, 7) is 3.87. The Labute approximate surface area is 125 Å². The molecule has 0 aromatic heterocycles. The Balaban J connectivity index is 1.90. The molecule has 0 saturated heterocycles. The van der Waals surface area contributed by atoms with Gasteiger partial charge >= 0.3 is 5.97 Å². The Morgan fingerprint density at radius 1 is 1.19 bits per heavy atom. The maximum absolute atomic E-state index is 11.1. The quantitative estimate of drug-likeness (QED) is 0.873. The molecule has 0 unspecified atom stereocenters. The van der Waals surface area contributed by atoms with Crippen LogP contribution < -0.4 is 4.90 Å². The summed E-state index contributed by atoms with van der Waals surface area (Å²) in [6, 6.07) is 14.7. The van der Waals surface area contributed by atoms with Crippen molar-refractivity contribution in [2.45, 2.75) is 26.2 Å². The van der Waals surface area contributed by atoms with Crippen molar-refractivity contribution in [1.29, 1.82) is 0 Å². The van der Waals surface area contributed by atoms with Gasteiger partial charge in [-0.3, -0.25) is 4.79 Å². The van der Waals surface area contributed by atoms with Crippen LogP contribution in [0, 0.1) is 5.41 Å². The lowest BCUT2D eigenvalue weighted by atomic mass is 10.0. The van der Waals surface area contributed by atoms with Gasteiger partial charge in [0.05, 0.1) is 6.42 Å². The fourth-order valence-corrected chi connectivity index (χ4v) is 3.14. The summed E-state index contributed by atoms with van der Waals surface area (Å²) in [5.74, 6) is -0.679. The van der Waals surface area contributed by atoms with Crippen molar-refractivity contribution >= 4 is 22.4 Å². The van der Waals surface area contributed by atoms with Gasteiger partial charge in [0.2, 0.25) is 0 Å². The van der Waals surface area contributed by atoms with Crippen LogP contribution in [0.1, 0.15) is 26.2 Å². The highest BCUT2D eigenvalue weighted by atomic mass is 16.4. The number of hydrogen-bond acceptors (Lipinski definition) is 2. The minimum Gasteiger partial charge on any atom is -0.481 e. The molecule has 0 amide bonds. The predicted octanol–water partition coefficient (Wildman–Crippen LogP) is 3.92. The zero-order valence-corrected chi connectivity index (χ0v) is 12.4. The summed E-state index contributed by atoms with van der Waals surface area (Å²) in [4.78, 5) is 13.4. The lowest BCUT2D eigenvalue weighted by Gasteiger charge is -2.29. The van der Waals surface area contributed by atoms with Crippen molar-refractivity contribution in [3.8, 4) is 0 Å². The normalized spacial score (nSPS) is 15.9. The van der Waals surface area contributed by atoms with E-state index < -0.39 is 5.97 Å². The number of rotatable bonds is 6. The largest absolute Gasteiger partial charge is 0.481 e. The SMILES string of the molecule is CCN(CC1(CC(=O)O)CC1)c1cccc2ccccc12. The molecule has 1 N–H and O–H groups in total. The van der Waals surface area contributed by atoms with E-state index in [9.17, 15) is 4.79 Å². The van der Waals surface area contributed by atoms with Crippen LogP contribution >= 0.6 is 0 Å². The summed E-state index contributed by atoms with van der Waals surface area (Å²) in [7, 11) is 0. The van der Waals surface area contributed by atoms with Gasteiger partial charge in [0.15, 0.2) is 0 Å². The van der Waals surface area contributed by atoms with Crippen molar-refractivity contribution in [3.63, 3.8) is 0 Å². The summed E-state index contributed by atoms with van der Waals surface area (Å²) in [5.41, 5.74) is 1.20. The molecular weight excluding hydrogens is 262 g/mol. The number of benzene rings is 2. The van der Waals surface area contributed by atoms with Crippen LogP contribution in [0.3, 0.4) is 0 Å². The van der Waals surface area contributed by atoms with Crippen LogP contribution in [-0.4, -0.2) is 24.2 Å². The van der Waals surface area contributed by atoms with E-state index >= 15 is 0 Å². The van der Waals surface area contributed by atoms with Crippen molar-refractivity contribution in [2.24, 2.45) is 5.41 Å². The number of nitrogens with zero attached hydrogens (tertiary/aromatic N) is 1. The number of fused-ring (bicyclic) bond motifs is 1. The molecule has 1 saturated carbocycles. The minimum absolute atomic E-state index is 0.0151. The lowest BCUT2D eigenvalue weighted by Crippen LogP contribution is -2.31. The fourth-order valence-electron chi connectivity index (χ4n) is 3.14. The van der Waals surface area contributed by atoms with Crippen LogP contribution in [-0.2, 0) is 4.79 Å². The van der Waals surface area contributed by atoms with Crippen LogP contribution in [0.4, 0.5) is 5.69 Å². The molecule has 3 heteroatoms. The minimum atomic E-state index is -0.679. The highest BCUT2D eigenvalue weighted by molar-refractivity contribution is 5.94. The molecule has 3 rings (SSSR count). The van der Waals surface area contributed by atoms with Crippen molar-refractivity contribution in [1.82, 2.24) is 0 Å². The third-order valence-electron chi connectivity index (χ3n) is 4.50. The van der Waals surface area contributed by atoms with Crippen LogP contribution in [0.25, 0.3) is 10.8 Å². The molecule has 0 aliphatic heterocycles. The van der Waals surface area contributed by atoms with Crippen LogP contribution in [0.2, 0.25) is 0 Å². The Bertz CT molecular complexity index is 656. The van der Waals surface area contributed by atoms with E-state index in [1.807, 2.05) is 0 Å². The topological polar surface area (TPSA) is 40.5 Å². The molecule has 1 aliphatic rings. The first kappa shape index (κ1) is 13.9. The van der Waals surface area contributed by atoms with Gasteiger partial charge in [-0.2, -0.15) is 0 Å². The molecule has 0 atom stereocenters. The molecular formula is C18H21NO2. The molecule has 0 heterocycles.